The molecule has 5 nitrogen and oxygen atoms in total. The monoisotopic (exact) mass is 226 g/mol. The average Bonchev–Trinajstić information content (AvgIpc) is 3.05. The molecule has 1 rings (SSSR count). The number of likely N-dealkylation sites (N-methyl/N-ethyl adjacent to an activating group) is 1. The summed E-state index contributed by atoms with van der Waals surface area (Å²) in [6.45, 7) is 2.58. The van der Waals surface area contributed by atoms with Gasteiger partial charge < -0.3 is 10.4 Å². The summed E-state index contributed by atoms with van der Waals surface area (Å²) < 4.78 is 0. The van der Waals surface area contributed by atoms with Gasteiger partial charge in [0, 0.05) is 30.8 Å². The average molecular weight is 226 g/mol. The van der Waals surface area contributed by atoms with Gasteiger partial charge in [0.15, 0.2) is 0 Å². The van der Waals surface area contributed by atoms with E-state index in [1.54, 1.807) is 0 Å². The van der Waals surface area contributed by atoms with Crippen molar-refractivity contribution in [3.63, 3.8) is 0 Å². The molecule has 0 aromatic heterocycles. The molecular weight excluding hydrogens is 208 g/mol. The topological polar surface area (TPSA) is 69.6 Å². The molecular formula is C11H18N2O3. The lowest BCUT2D eigenvalue weighted by Gasteiger charge is -2.24. The maximum absolute atomic E-state index is 11.2. The second-order valence-electron chi connectivity index (χ2n) is 4.16. The van der Waals surface area contributed by atoms with Gasteiger partial charge in [0.05, 0.1) is 0 Å². The number of hydrogen-bond donors (Lipinski definition) is 2. The molecule has 1 aliphatic carbocycles. The molecule has 1 amide bonds. The van der Waals surface area contributed by atoms with E-state index in [1.165, 1.54) is 12.8 Å². The van der Waals surface area contributed by atoms with Crippen molar-refractivity contribution in [1.29, 1.82) is 0 Å². The largest absolute Gasteiger partial charge is 0.478 e. The lowest BCUT2D eigenvalue weighted by Crippen LogP contribution is -2.40. The predicted octanol–water partition coefficient (Wildman–Crippen LogP) is 0.226. The lowest BCUT2D eigenvalue weighted by molar-refractivity contribution is -0.131. The summed E-state index contributed by atoms with van der Waals surface area (Å²) in [6, 6.07) is 0.927. The molecule has 16 heavy (non-hydrogen) atoms. The molecule has 5 heteroatoms. The molecule has 0 heterocycles. The Morgan fingerprint density at radius 1 is 1.50 bits per heavy atom. The summed E-state index contributed by atoms with van der Waals surface area (Å²) in [7, 11) is 2.04. The number of carboxylic acids is 1. The number of nitrogens with one attached hydrogen (secondary N) is 1. The second kappa shape index (κ2) is 5.65. The number of amides is 1. The summed E-state index contributed by atoms with van der Waals surface area (Å²) in [5.74, 6) is -1.48. The van der Waals surface area contributed by atoms with Crippen molar-refractivity contribution in [2.45, 2.75) is 31.8 Å². The SMILES string of the molecule is CC(CNC(=O)/C=C/C(=O)O)N(C)C1CC1. The van der Waals surface area contributed by atoms with E-state index < -0.39 is 5.97 Å². The third kappa shape index (κ3) is 4.44. The van der Waals surface area contributed by atoms with E-state index in [0.29, 0.717) is 12.6 Å². The Bertz CT molecular complexity index is 298. The molecule has 0 saturated heterocycles. The highest BCUT2D eigenvalue weighted by molar-refractivity contribution is 5.93. The van der Waals surface area contributed by atoms with Gasteiger partial charge in [-0.2, -0.15) is 0 Å². The minimum atomic E-state index is -1.11. The maximum Gasteiger partial charge on any atom is 0.328 e. The highest BCUT2D eigenvalue weighted by Gasteiger charge is 2.28. The van der Waals surface area contributed by atoms with Crippen LogP contribution in [0.2, 0.25) is 0 Å². The summed E-state index contributed by atoms with van der Waals surface area (Å²) in [5.41, 5.74) is 0. The Balaban J connectivity index is 2.22. The maximum atomic E-state index is 11.2. The van der Waals surface area contributed by atoms with Crippen LogP contribution in [0.15, 0.2) is 12.2 Å². The summed E-state index contributed by atoms with van der Waals surface area (Å²) in [5, 5.41) is 11.0. The standard InChI is InChI=1S/C11H18N2O3/c1-8(13(2)9-3-4-9)7-12-10(14)5-6-11(15)16/h5-6,8-9H,3-4,7H2,1-2H3,(H,12,14)(H,15,16)/b6-5+. The molecule has 1 aliphatic rings. The Morgan fingerprint density at radius 3 is 2.62 bits per heavy atom. The minimum absolute atomic E-state index is 0.273. The van der Waals surface area contributed by atoms with Crippen LogP contribution in [0.25, 0.3) is 0 Å². The fraction of sp³-hybridized carbons (Fsp3) is 0.636. The molecule has 1 unspecified atom stereocenters. The van der Waals surface area contributed by atoms with Gasteiger partial charge in [0.2, 0.25) is 5.91 Å². The molecule has 0 radical (unpaired) electrons. The van der Waals surface area contributed by atoms with Crippen LogP contribution in [0.3, 0.4) is 0 Å². The Morgan fingerprint density at radius 2 is 2.12 bits per heavy atom. The fourth-order valence-electron chi connectivity index (χ4n) is 1.44. The van der Waals surface area contributed by atoms with Crippen LogP contribution in [0.4, 0.5) is 0 Å². The Hall–Kier alpha value is -1.36. The number of nitrogens with zero attached hydrogens (tertiary/aromatic N) is 1. The first kappa shape index (κ1) is 12.7. The fourth-order valence-corrected chi connectivity index (χ4v) is 1.44. The molecule has 1 atom stereocenters. The van der Waals surface area contributed by atoms with Crippen molar-refractivity contribution >= 4 is 11.9 Å². The van der Waals surface area contributed by atoms with E-state index >= 15 is 0 Å². The summed E-state index contributed by atoms with van der Waals surface area (Å²) >= 11 is 0. The summed E-state index contributed by atoms with van der Waals surface area (Å²) in [6.07, 6.45) is 4.33. The number of hydrogen-bond acceptors (Lipinski definition) is 3. The van der Waals surface area contributed by atoms with Crippen LogP contribution in [0.5, 0.6) is 0 Å². The smallest absolute Gasteiger partial charge is 0.328 e. The van der Waals surface area contributed by atoms with Gasteiger partial charge in [0.1, 0.15) is 0 Å². The first-order valence-corrected chi connectivity index (χ1v) is 5.41. The molecule has 0 spiro atoms. The third-order valence-corrected chi connectivity index (χ3v) is 2.77. The highest BCUT2D eigenvalue weighted by atomic mass is 16.4. The van der Waals surface area contributed by atoms with Gasteiger partial charge in [-0.05, 0) is 26.8 Å². The lowest BCUT2D eigenvalue weighted by atomic mass is 10.3. The van der Waals surface area contributed by atoms with Crippen LogP contribution in [0, 0.1) is 0 Å². The van der Waals surface area contributed by atoms with Gasteiger partial charge in [-0.25, -0.2) is 4.79 Å². The van der Waals surface area contributed by atoms with Gasteiger partial charge in [-0.1, -0.05) is 0 Å². The van der Waals surface area contributed by atoms with Crippen molar-refractivity contribution in [3.8, 4) is 0 Å². The number of aliphatic carboxylic acids is 1. The zero-order chi connectivity index (χ0) is 12.1. The molecule has 0 aromatic rings. The second-order valence-corrected chi connectivity index (χ2v) is 4.16. The first-order valence-electron chi connectivity index (χ1n) is 5.41. The number of carbonyl (C=O) groups excluding carboxylic acids is 1. The normalized spacial score (nSPS) is 17.7. The van der Waals surface area contributed by atoms with Crippen LogP contribution < -0.4 is 5.32 Å². The van der Waals surface area contributed by atoms with Crippen molar-refractivity contribution in [1.82, 2.24) is 10.2 Å². The number of rotatable bonds is 6. The van der Waals surface area contributed by atoms with Gasteiger partial charge in [0.25, 0.3) is 0 Å². The minimum Gasteiger partial charge on any atom is -0.478 e. The van der Waals surface area contributed by atoms with Crippen molar-refractivity contribution in [2.75, 3.05) is 13.6 Å². The molecule has 0 bridgehead atoms. The number of carbonyl (C=O) groups is 2. The molecule has 0 aliphatic heterocycles. The van der Waals surface area contributed by atoms with E-state index in [-0.39, 0.29) is 11.9 Å². The van der Waals surface area contributed by atoms with Gasteiger partial charge in [-0.15, -0.1) is 0 Å². The Kier molecular flexibility index (Phi) is 4.49. The van der Waals surface area contributed by atoms with Crippen molar-refractivity contribution < 1.29 is 14.7 Å². The number of carboxylic acid groups (broad SMARTS) is 1. The van der Waals surface area contributed by atoms with Gasteiger partial charge >= 0.3 is 5.97 Å². The van der Waals surface area contributed by atoms with E-state index in [9.17, 15) is 9.59 Å². The predicted molar refractivity (Wildman–Crippen MR) is 60.0 cm³/mol. The van der Waals surface area contributed by atoms with Crippen LogP contribution in [-0.2, 0) is 9.59 Å². The molecule has 2 N–H and O–H groups in total. The van der Waals surface area contributed by atoms with Crippen molar-refractivity contribution in [2.24, 2.45) is 0 Å². The van der Waals surface area contributed by atoms with Crippen LogP contribution in [0.1, 0.15) is 19.8 Å². The quantitative estimate of drug-likeness (QED) is 0.636. The highest BCUT2D eigenvalue weighted by Crippen LogP contribution is 2.26. The van der Waals surface area contributed by atoms with Crippen LogP contribution >= 0.6 is 0 Å². The molecule has 90 valence electrons. The zero-order valence-corrected chi connectivity index (χ0v) is 9.64. The third-order valence-electron chi connectivity index (χ3n) is 2.77. The molecule has 1 saturated carbocycles. The van der Waals surface area contributed by atoms with Crippen molar-refractivity contribution in [3.05, 3.63) is 12.2 Å². The van der Waals surface area contributed by atoms with E-state index in [0.717, 1.165) is 12.2 Å². The van der Waals surface area contributed by atoms with E-state index in [4.69, 9.17) is 5.11 Å². The first-order chi connectivity index (χ1) is 7.50. The molecule has 0 aromatic carbocycles. The van der Waals surface area contributed by atoms with Crippen LogP contribution in [-0.4, -0.2) is 47.6 Å². The van der Waals surface area contributed by atoms with E-state index in [1.807, 2.05) is 14.0 Å². The zero-order valence-electron chi connectivity index (χ0n) is 9.64. The Labute approximate surface area is 95.1 Å². The molecule has 1 fully saturated rings. The van der Waals surface area contributed by atoms with E-state index in [2.05, 4.69) is 10.2 Å². The van der Waals surface area contributed by atoms with Gasteiger partial charge in [-0.3, -0.25) is 9.69 Å². The summed E-state index contributed by atoms with van der Waals surface area (Å²) in [4.78, 5) is 23.6.